The first-order valence-electron chi connectivity index (χ1n) is 8.76. The molecule has 0 N–H and O–H groups in total. The van der Waals surface area contributed by atoms with Gasteiger partial charge in [0.25, 0.3) is 0 Å². The molecule has 9 heteroatoms. The van der Waals surface area contributed by atoms with Gasteiger partial charge < -0.3 is 0 Å². The number of aromatic nitrogens is 2. The summed E-state index contributed by atoms with van der Waals surface area (Å²) in [4.78, 5) is -0.763. The van der Waals surface area contributed by atoms with Crippen LogP contribution >= 0.6 is 0 Å². The maximum Gasteiger partial charge on any atom is 0.417 e. The van der Waals surface area contributed by atoms with Crippen LogP contribution in [-0.4, -0.2) is 29.6 Å². The Morgan fingerprint density at radius 3 is 2.21 bits per heavy atom. The summed E-state index contributed by atoms with van der Waals surface area (Å²) in [6.45, 7) is 3.44. The molecule has 0 saturated heterocycles. The van der Waals surface area contributed by atoms with Crippen LogP contribution in [0.4, 0.5) is 13.2 Å². The monoisotopic (exact) mass is 423 g/mol. The Hall–Kier alpha value is -2.65. The summed E-state index contributed by atoms with van der Waals surface area (Å²) >= 11 is 0. The zero-order valence-corrected chi connectivity index (χ0v) is 16.9. The molecule has 3 rings (SSSR count). The van der Waals surface area contributed by atoms with E-state index in [1.54, 1.807) is 18.5 Å². The number of hydrogen-bond acceptors (Lipinski definition) is 3. The van der Waals surface area contributed by atoms with Crippen LogP contribution < -0.4 is 0 Å². The third-order valence-corrected chi connectivity index (χ3v) is 6.56. The maximum absolute atomic E-state index is 13.3. The van der Waals surface area contributed by atoms with E-state index in [0.29, 0.717) is 11.3 Å². The van der Waals surface area contributed by atoms with Crippen molar-refractivity contribution in [2.75, 3.05) is 7.05 Å². The highest BCUT2D eigenvalue weighted by Crippen LogP contribution is 2.35. The first-order valence-corrected chi connectivity index (χ1v) is 10.2. The molecule has 1 heterocycles. The van der Waals surface area contributed by atoms with Crippen molar-refractivity contribution in [1.29, 1.82) is 0 Å². The Morgan fingerprint density at radius 2 is 1.59 bits per heavy atom. The summed E-state index contributed by atoms with van der Waals surface area (Å²) < 4.78 is 68.3. The topological polar surface area (TPSA) is 55.2 Å². The molecular weight excluding hydrogens is 403 g/mol. The van der Waals surface area contributed by atoms with E-state index in [-0.39, 0.29) is 6.54 Å². The third kappa shape index (κ3) is 4.06. The first kappa shape index (κ1) is 21.1. The smallest absolute Gasteiger partial charge is 0.238 e. The fourth-order valence-electron chi connectivity index (χ4n) is 3.13. The molecule has 29 heavy (non-hydrogen) atoms. The summed E-state index contributed by atoms with van der Waals surface area (Å²) in [5, 5.41) is 4.46. The van der Waals surface area contributed by atoms with Gasteiger partial charge in [-0.05, 0) is 38.1 Å². The molecule has 0 amide bonds. The van der Waals surface area contributed by atoms with E-state index in [1.807, 2.05) is 30.3 Å². The summed E-state index contributed by atoms with van der Waals surface area (Å²) in [6.07, 6.45) is -4.77. The lowest BCUT2D eigenvalue weighted by molar-refractivity contribution is -0.139. The predicted molar refractivity (Wildman–Crippen MR) is 103 cm³/mol. The normalized spacial score (nSPS) is 12.5. The number of halogens is 3. The van der Waals surface area contributed by atoms with E-state index in [0.717, 1.165) is 27.8 Å². The number of alkyl halides is 3. The molecule has 0 aliphatic heterocycles. The van der Waals surface area contributed by atoms with Crippen LogP contribution in [0.2, 0.25) is 0 Å². The Kier molecular flexibility index (Phi) is 5.55. The van der Waals surface area contributed by atoms with Crippen LogP contribution in [0, 0.1) is 13.8 Å². The van der Waals surface area contributed by atoms with Gasteiger partial charge in [-0.3, -0.25) is 0 Å². The molecule has 0 radical (unpaired) electrons. The lowest BCUT2D eigenvalue weighted by Gasteiger charge is -2.20. The number of nitrogens with zero attached hydrogens (tertiary/aromatic N) is 3. The minimum atomic E-state index is -4.77. The average Bonchev–Trinajstić information content (AvgIpc) is 2.96. The van der Waals surface area contributed by atoms with Crippen LogP contribution in [0.5, 0.6) is 0 Å². The minimum Gasteiger partial charge on any atom is -0.238 e. The molecule has 2 aromatic carbocycles. The van der Waals surface area contributed by atoms with E-state index in [4.69, 9.17) is 0 Å². The van der Waals surface area contributed by atoms with Gasteiger partial charge in [0.2, 0.25) is 10.0 Å². The number of para-hydroxylation sites is 1. The number of aryl methyl sites for hydroxylation is 1. The standard InChI is InChI=1S/C20H20F3N3O2S/c1-14-17(15(2)26(24-14)16-9-5-4-6-10-16)13-25(3)29(27,28)19-12-8-7-11-18(19)20(21,22)23/h4-12H,13H2,1-3H3. The molecule has 0 spiro atoms. The molecular formula is C20H20F3N3O2S. The van der Waals surface area contributed by atoms with E-state index < -0.39 is 26.7 Å². The van der Waals surface area contributed by atoms with Crippen LogP contribution in [0.1, 0.15) is 22.5 Å². The van der Waals surface area contributed by atoms with E-state index in [9.17, 15) is 21.6 Å². The van der Waals surface area contributed by atoms with Crippen molar-refractivity contribution in [2.24, 2.45) is 0 Å². The van der Waals surface area contributed by atoms with Crippen molar-refractivity contribution in [1.82, 2.24) is 14.1 Å². The second-order valence-electron chi connectivity index (χ2n) is 6.65. The van der Waals surface area contributed by atoms with Gasteiger partial charge in [-0.15, -0.1) is 0 Å². The van der Waals surface area contributed by atoms with Crippen molar-refractivity contribution < 1.29 is 21.6 Å². The Balaban J connectivity index is 1.98. The zero-order chi connectivity index (χ0) is 21.4. The van der Waals surface area contributed by atoms with Gasteiger partial charge in [-0.25, -0.2) is 13.1 Å². The summed E-state index contributed by atoms with van der Waals surface area (Å²) in [5.74, 6) is 0. The Labute approximate surface area is 167 Å². The largest absolute Gasteiger partial charge is 0.417 e. The number of sulfonamides is 1. The summed E-state index contributed by atoms with van der Waals surface area (Å²) in [5.41, 5.74) is 1.61. The van der Waals surface area contributed by atoms with Crippen molar-refractivity contribution in [3.8, 4) is 5.69 Å². The molecule has 0 unspecified atom stereocenters. The lowest BCUT2D eigenvalue weighted by atomic mass is 10.2. The summed E-state index contributed by atoms with van der Waals surface area (Å²) in [6, 6.07) is 13.5. The van der Waals surface area contributed by atoms with Crippen molar-refractivity contribution in [2.45, 2.75) is 31.5 Å². The molecule has 0 aliphatic rings. The molecule has 154 valence electrons. The van der Waals surface area contributed by atoms with E-state index in [2.05, 4.69) is 5.10 Å². The molecule has 0 saturated carbocycles. The van der Waals surface area contributed by atoms with Crippen molar-refractivity contribution >= 4 is 10.0 Å². The summed E-state index contributed by atoms with van der Waals surface area (Å²) in [7, 11) is -3.10. The lowest BCUT2D eigenvalue weighted by Crippen LogP contribution is -2.29. The SMILES string of the molecule is Cc1nn(-c2ccccc2)c(C)c1CN(C)S(=O)(=O)c1ccccc1C(F)(F)F. The van der Waals surface area contributed by atoms with Gasteiger partial charge in [0.05, 0.1) is 21.8 Å². The third-order valence-electron chi connectivity index (χ3n) is 4.70. The highest BCUT2D eigenvalue weighted by molar-refractivity contribution is 7.89. The van der Waals surface area contributed by atoms with E-state index in [1.165, 1.54) is 19.2 Å². The van der Waals surface area contributed by atoms with Crippen LogP contribution in [0.15, 0.2) is 59.5 Å². The van der Waals surface area contributed by atoms with E-state index >= 15 is 0 Å². The number of benzene rings is 2. The Morgan fingerprint density at radius 1 is 1.00 bits per heavy atom. The van der Waals surface area contributed by atoms with Gasteiger partial charge in [-0.1, -0.05) is 30.3 Å². The number of hydrogen-bond donors (Lipinski definition) is 0. The average molecular weight is 423 g/mol. The van der Waals surface area contributed by atoms with Crippen LogP contribution in [-0.2, 0) is 22.7 Å². The van der Waals surface area contributed by atoms with Gasteiger partial charge in [0, 0.05) is 24.8 Å². The molecule has 0 fully saturated rings. The fourth-order valence-corrected chi connectivity index (χ4v) is 4.47. The van der Waals surface area contributed by atoms with Crippen molar-refractivity contribution in [3.63, 3.8) is 0 Å². The fraction of sp³-hybridized carbons (Fsp3) is 0.250. The zero-order valence-electron chi connectivity index (χ0n) is 16.1. The maximum atomic E-state index is 13.3. The molecule has 0 bridgehead atoms. The molecule has 0 aliphatic carbocycles. The second kappa shape index (κ2) is 7.64. The molecule has 0 atom stereocenters. The quantitative estimate of drug-likeness (QED) is 0.614. The van der Waals surface area contributed by atoms with Gasteiger partial charge in [-0.2, -0.15) is 22.6 Å². The second-order valence-corrected chi connectivity index (χ2v) is 8.67. The van der Waals surface area contributed by atoms with Gasteiger partial charge in [0.1, 0.15) is 0 Å². The van der Waals surface area contributed by atoms with Gasteiger partial charge in [0.15, 0.2) is 0 Å². The molecule has 3 aromatic rings. The van der Waals surface area contributed by atoms with Gasteiger partial charge >= 0.3 is 6.18 Å². The van der Waals surface area contributed by atoms with Crippen LogP contribution in [0.3, 0.4) is 0 Å². The number of rotatable bonds is 5. The predicted octanol–water partition coefficient (Wildman–Crippen LogP) is 4.33. The highest BCUT2D eigenvalue weighted by atomic mass is 32.2. The van der Waals surface area contributed by atoms with Crippen molar-refractivity contribution in [3.05, 3.63) is 77.1 Å². The van der Waals surface area contributed by atoms with Crippen LogP contribution in [0.25, 0.3) is 5.69 Å². The molecule has 5 nitrogen and oxygen atoms in total. The minimum absolute atomic E-state index is 0.0982. The first-order chi connectivity index (χ1) is 13.5. The highest BCUT2D eigenvalue weighted by Gasteiger charge is 2.38. The Bertz CT molecular complexity index is 1120. The molecule has 1 aromatic heterocycles.